The predicted molar refractivity (Wildman–Crippen MR) is 307 cm³/mol. The van der Waals surface area contributed by atoms with Crippen LogP contribution < -0.4 is 0 Å². The molecule has 72 heavy (non-hydrogen) atoms. The van der Waals surface area contributed by atoms with E-state index in [0.717, 1.165) is 19.3 Å². The van der Waals surface area contributed by atoms with Gasteiger partial charge < -0.3 is 0 Å². The molecule has 0 heteroatoms. The number of hydrogen-bond acceptors (Lipinski definition) is 0. The maximum Gasteiger partial charge on any atom is 0.0734 e. The molecule has 0 amide bonds. The zero-order valence-electron chi connectivity index (χ0n) is 40.1. The van der Waals surface area contributed by atoms with Crippen molar-refractivity contribution >= 4 is 76.3 Å². The van der Waals surface area contributed by atoms with Crippen molar-refractivity contribution < 1.29 is 0 Å². The summed E-state index contributed by atoms with van der Waals surface area (Å²) in [6.45, 7) is 2.44. The van der Waals surface area contributed by atoms with Gasteiger partial charge in [-0.2, -0.15) is 0 Å². The Morgan fingerprint density at radius 2 is 0.986 bits per heavy atom. The van der Waals surface area contributed by atoms with Gasteiger partial charge in [0, 0.05) is 0 Å². The summed E-state index contributed by atoms with van der Waals surface area (Å²) in [5.74, 6) is 0.438. The fourth-order valence-electron chi connectivity index (χ4n) is 14.4. The molecule has 12 aromatic carbocycles. The van der Waals surface area contributed by atoms with Crippen LogP contribution in [0.25, 0.3) is 121 Å². The molecule has 12 aromatic rings. The van der Waals surface area contributed by atoms with Gasteiger partial charge in [-0.25, -0.2) is 0 Å². The minimum atomic E-state index is -0.428. The SMILES string of the molecule is CC1CC=CC2=C1c1ccccc1C21c2c(ccc3c2C=CCC3)-c2c1c1ccc(-c3ccc(-c4c5ccccc5c(-c5cc6ccccc6c6ccccc56)c5ccccc45)cc3)cc1c1ccccc21. The first-order chi connectivity index (χ1) is 35.7. The van der Waals surface area contributed by atoms with Crippen LogP contribution in [0.1, 0.15) is 53.1 Å². The second-order valence-electron chi connectivity index (χ2n) is 20.8. The Balaban J connectivity index is 0.902. The van der Waals surface area contributed by atoms with E-state index >= 15 is 0 Å². The molecule has 0 saturated heterocycles. The van der Waals surface area contributed by atoms with E-state index < -0.39 is 5.41 Å². The first-order valence-electron chi connectivity index (χ1n) is 25.9. The van der Waals surface area contributed by atoms with Gasteiger partial charge >= 0.3 is 0 Å². The fourth-order valence-corrected chi connectivity index (χ4v) is 14.4. The molecule has 0 saturated carbocycles. The van der Waals surface area contributed by atoms with Gasteiger partial charge in [0.25, 0.3) is 0 Å². The summed E-state index contributed by atoms with van der Waals surface area (Å²) < 4.78 is 0. The third-order valence-corrected chi connectivity index (χ3v) is 17.3. The summed E-state index contributed by atoms with van der Waals surface area (Å²) in [6, 6.07) is 78.7. The third kappa shape index (κ3) is 5.26. The largest absolute Gasteiger partial charge is 0.0836 e. The van der Waals surface area contributed by atoms with Crippen molar-refractivity contribution in [2.45, 2.75) is 31.6 Å². The van der Waals surface area contributed by atoms with Crippen LogP contribution in [0.15, 0.2) is 230 Å². The van der Waals surface area contributed by atoms with E-state index in [2.05, 4.69) is 237 Å². The molecular formula is C72H48. The number of allylic oxidation sites excluding steroid dienone is 5. The highest BCUT2D eigenvalue weighted by Gasteiger charge is 2.55. The second-order valence-corrected chi connectivity index (χ2v) is 20.8. The molecule has 4 aliphatic carbocycles. The minimum absolute atomic E-state index is 0.428. The van der Waals surface area contributed by atoms with Crippen molar-refractivity contribution in [2.75, 3.05) is 0 Å². The Kier molecular flexibility index (Phi) is 8.35. The molecule has 0 bridgehead atoms. The van der Waals surface area contributed by atoms with Crippen LogP contribution in [0.2, 0.25) is 0 Å². The molecule has 16 rings (SSSR count). The topological polar surface area (TPSA) is 0 Å². The van der Waals surface area contributed by atoms with E-state index in [1.165, 1.54) is 154 Å². The third-order valence-electron chi connectivity index (χ3n) is 17.3. The lowest BCUT2D eigenvalue weighted by Gasteiger charge is -2.35. The highest BCUT2D eigenvalue weighted by molar-refractivity contribution is 6.26. The van der Waals surface area contributed by atoms with E-state index in [1.807, 2.05) is 0 Å². The van der Waals surface area contributed by atoms with Crippen molar-refractivity contribution in [3.8, 4) is 44.5 Å². The summed E-state index contributed by atoms with van der Waals surface area (Å²) in [6.07, 6.45) is 13.1. The molecule has 0 heterocycles. The number of benzene rings is 12. The number of aryl methyl sites for hydroxylation is 1. The van der Waals surface area contributed by atoms with Gasteiger partial charge in [0.2, 0.25) is 0 Å². The van der Waals surface area contributed by atoms with Crippen molar-refractivity contribution in [3.63, 3.8) is 0 Å². The molecule has 2 atom stereocenters. The first-order valence-corrected chi connectivity index (χ1v) is 25.9. The zero-order chi connectivity index (χ0) is 47.2. The van der Waals surface area contributed by atoms with Crippen molar-refractivity contribution in [3.05, 3.63) is 263 Å². The molecule has 1 spiro atoms. The van der Waals surface area contributed by atoms with Gasteiger partial charge in [-0.15, -0.1) is 0 Å². The van der Waals surface area contributed by atoms with Crippen LogP contribution in [-0.2, 0) is 11.8 Å². The predicted octanol–water partition coefficient (Wildman–Crippen LogP) is 19.2. The summed E-state index contributed by atoms with van der Waals surface area (Å²) in [7, 11) is 0. The van der Waals surface area contributed by atoms with Crippen LogP contribution in [0.3, 0.4) is 0 Å². The number of rotatable bonds is 3. The molecule has 0 fully saturated rings. The Hall–Kier alpha value is -8.58. The van der Waals surface area contributed by atoms with Gasteiger partial charge in [0.1, 0.15) is 0 Å². The Morgan fingerprint density at radius 1 is 0.389 bits per heavy atom. The molecule has 0 N–H and O–H groups in total. The highest BCUT2D eigenvalue weighted by atomic mass is 14.6. The van der Waals surface area contributed by atoms with Crippen LogP contribution in [0, 0.1) is 5.92 Å². The van der Waals surface area contributed by atoms with Crippen molar-refractivity contribution in [2.24, 2.45) is 5.92 Å². The molecular weight excluding hydrogens is 865 g/mol. The Bertz CT molecular complexity index is 4420. The minimum Gasteiger partial charge on any atom is -0.0836 e. The van der Waals surface area contributed by atoms with Gasteiger partial charge in [-0.1, -0.05) is 225 Å². The lowest BCUT2D eigenvalue weighted by molar-refractivity contribution is 0.731. The maximum absolute atomic E-state index is 2.52. The molecule has 0 aliphatic heterocycles. The van der Waals surface area contributed by atoms with Gasteiger partial charge in [-0.05, 0) is 191 Å². The van der Waals surface area contributed by atoms with E-state index in [1.54, 1.807) is 0 Å². The van der Waals surface area contributed by atoms with Crippen molar-refractivity contribution in [1.29, 1.82) is 0 Å². The summed E-state index contributed by atoms with van der Waals surface area (Å²) >= 11 is 0. The lowest BCUT2D eigenvalue weighted by atomic mass is 9.65. The summed E-state index contributed by atoms with van der Waals surface area (Å²) in [5, 5.41) is 15.5. The molecule has 0 nitrogen and oxygen atoms in total. The Labute approximate surface area is 419 Å². The van der Waals surface area contributed by atoms with Crippen LogP contribution >= 0.6 is 0 Å². The van der Waals surface area contributed by atoms with E-state index in [4.69, 9.17) is 0 Å². The van der Waals surface area contributed by atoms with E-state index in [0.29, 0.717) is 5.92 Å². The standard InChI is InChI=1S/C72H48/c1-43-17-16-32-65-66(43)60-30-14-15-31-64(60)72(65)70-50-21-5-2-18-45(50)37-40-61(70)69-54-25-9-8-24-53(54)62-41-47(38-39-59(62)71(69)72)44-33-35-46(36-34-44)67-55-26-10-12-28-57(55)68(58-29-13-11-27-56(58)67)63-42-48-19-3-4-20-49(48)51-22-6-7-23-52(51)63/h3-16,19-43H,2,17-18H2,1H3. The molecule has 0 radical (unpaired) electrons. The smallest absolute Gasteiger partial charge is 0.0734 e. The maximum atomic E-state index is 2.52. The molecule has 336 valence electrons. The summed E-state index contributed by atoms with van der Waals surface area (Å²) in [5.41, 5.74) is 21.6. The van der Waals surface area contributed by atoms with Crippen LogP contribution in [0.5, 0.6) is 0 Å². The van der Waals surface area contributed by atoms with E-state index in [9.17, 15) is 0 Å². The van der Waals surface area contributed by atoms with E-state index in [-0.39, 0.29) is 0 Å². The number of hydrogen-bond donors (Lipinski definition) is 0. The Morgan fingerprint density at radius 3 is 1.74 bits per heavy atom. The lowest BCUT2D eigenvalue weighted by Crippen LogP contribution is -2.29. The molecule has 4 aliphatic rings. The normalized spacial score (nSPS) is 17.4. The quantitative estimate of drug-likeness (QED) is 0.122. The molecule has 2 unspecified atom stereocenters. The second kappa shape index (κ2) is 15.0. The van der Waals surface area contributed by atoms with Gasteiger partial charge in [0.05, 0.1) is 5.41 Å². The van der Waals surface area contributed by atoms with Crippen LogP contribution in [-0.4, -0.2) is 0 Å². The number of fused-ring (bicyclic) bond motifs is 21. The molecule has 0 aromatic heterocycles. The average Bonchev–Trinajstić information content (AvgIpc) is 3.94. The fraction of sp³-hybridized carbons (Fsp3) is 0.0833. The van der Waals surface area contributed by atoms with Crippen molar-refractivity contribution in [1.82, 2.24) is 0 Å². The van der Waals surface area contributed by atoms with Gasteiger partial charge in [-0.3, -0.25) is 0 Å². The highest BCUT2D eigenvalue weighted by Crippen LogP contribution is 2.67. The monoisotopic (exact) mass is 912 g/mol. The first kappa shape index (κ1) is 40.2. The van der Waals surface area contributed by atoms with Gasteiger partial charge in [0.15, 0.2) is 0 Å². The average molecular weight is 913 g/mol. The van der Waals surface area contributed by atoms with Crippen LogP contribution in [0.4, 0.5) is 0 Å². The zero-order valence-corrected chi connectivity index (χ0v) is 40.1. The summed E-state index contributed by atoms with van der Waals surface area (Å²) in [4.78, 5) is 0.